The van der Waals surface area contributed by atoms with Gasteiger partial charge in [0.1, 0.15) is 0 Å². The van der Waals surface area contributed by atoms with E-state index < -0.39 is 6.16 Å². The van der Waals surface area contributed by atoms with Gasteiger partial charge in [-0.25, -0.2) is 4.79 Å². The number of hydrogen-bond acceptors (Lipinski definition) is 3. The Bertz CT molecular complexity index is 148. The van der Waals surface area contributed by atoms with Gasteiger partial charge in [0.2, 0.25) is 0 Å². The molecule has 0 aromatic rings. The number of ether oxygens (including phenoxy) is 2. The standard InChI is InChI=1S/C10H19BrO3/c1-9(2)8-14-10(12)13-7-5-3-4-6-11/h9H,3-8H2,1-2H3. The van der Waals surface area contributed by atoms with Gasteiger partial charge in [0.15, 0.2) is 0 Å². The van der Waals surface area contributed by atoms with E-state index in [4.69, 9.17) is 9.47 Å². The molecule has 0 radical (unpaired) electrons. The molecule has 0 saturated heterocycles. The second kappa shape index (κ2) is 9.31. The Balaban J connectivity index is 3.18. The molecular weight excluding hydrogens is 248 g/mol. The second-order valence-corrected chi connectivity index (χ2v) is 4.35. The Hall–Kier alpha value is -0.250. The van der Waals surface area contributed by atoms with Crippen LogP contribution < -0.4 is 0 Å². The van der Waals surface area contributed by atoms with Crippen LogP contribution in [0.25, 0.3) is 0 Å². The Morgan fingerprint density at radius 2 is 1.93 bits per heavy atom. The van der Waals surface area contributed by atoms with E-state index in [-0.39, 0.29) is 0 Å². The minimum Gasteiger partial charge on any atom is -0.434 e. The van der Waals surface area contributed by atoms with Crippen LogP contribution in [0, 0.1) is 5.92 Å². The molecule has 0 fully saturated rings. The lowest BCUT2D eigenvalue weighted by molar-refractivity contribution is 0.0466. The second-order valence-electron chi connectivity index (χ2n) is 3.55. The summed E-state index contributed by atoms with van der Waals surface area (Å²) in [5.74, 6) is 0.357. The molecule has 0 aliphatic rings. The molecular formula is C10H19BrO3. The fourth-order valence-corrected chi connectivity index (χ4v) is 1.20. The Morgan fingerprint density at radius 1 is 1.21 bits per heavy atom. The number of carbonyl (C=O) groups excluding carboxylic acids is 1. The maximum atomic E-state index is 10.9. The van der Waals surface area contributed by atoms with Crippen molar-refractivity contribution >= 4 is 22.1 Å². The van der Waals surface area contributed by atoms with Gasteiger partial charge in [-0.15, -0.1) is 0 Å². The predicted molar refractivity (Wildman–Crippen MR) is 59.8 cm³/mol. The fourth-order valence-electron chi connectivity index (χ4n) is 0.805. The SMILES string of the molecule is CC(C)COC(=O)OCCCCCBr. The third-order valence-corrected chi connectivity index (χ3v) is 2.09. The highest BCUT2D eigenvalue weighted by molar-refractivity contribution is 9.09. The molecule has 0 aromatic carbocycles. The largest absolute Gasteiger partial charge is 0.508 e. The van der Waals surface area contributed by atoms with Crippen LogP contribution in [-0.2, 0) is 9.47 Å². The Morgan fingerprint density at radius 3 is 2.50 bits per heavy atom. The zero-order chi connectivity index (χ0) is 10.8. The monoisotopic (exact) mass is 266 g/mol. The quantitative estimate of drug-likeness (QED) is 0.403. The van der Waals surface area contributed by atoms with Crippen LogP contribution in [0.15, 0.2) is 0 Å². The number of carbonyl (C=O) groups is 1. The summed E-state index contributed by atoms with van der Waals surface area (Å²) in [7, 11) is 0. The van der Waals surface area contributed by atoms with E-state index in [1.54, 1.807) is 0 Å². The van der Waals surface area contributed by atoms with Crippen LogP contribution in [0.4, 0.5) is 4.79 Å². The van der Waals surface area contributed by atoms with E-state index >= 15 is 0 Å². The third-order valence-electron chi connectivity index (χ3n) is 1.53. The summed E-state index contributed by atoms with van der Waals surface area (Å²) in [5, 5.41) is 1.00. The molecule has 0 rings (SSSR count). The average Bonchev–Trinajstić information content (AvgIpc) is 2.14. The highest BCUT2D eigenvalue weighted by Gasteiger charge is 2.04. The van der Waals surface area contributed by atoms with Crippen LogP contribution in [0.2, 0.25) is 0 Å². The van der Waals surface area contributed by atoms with Crippen LogP contribution in [0.1, 0.15) is 33.1 Å². The summed E-state index contributed by atoms with van der Waals surface area (Å²) >= 11 is 3.34. The van der Waals surface area contributed by atoms with Crippen molar-refractivity contribution < 1.29 is 14.3 Å². The zero-order valence-corrected chi connectivity index (χ0v) is 10.5. The molecule has 0 unspecified atom stereocenters. The molecule has 0 aliphatic heterocycles. The van der Waals surface area contributed by atoms with E-state index in [0.29, 0.717) is 19.1 Å². The van der Waals surface area contributed by atoms with Gasteiger partial charge in [0.05, 0.1) is 13.2 Å². The Labute approximate surface area is 94.3 Å². The molecule has 0 aliphatic carbocycles. The van der Waals surface area contributed by atoms with Crippen LogP contribution in [0.5, 0.6) is 0 Å². The van der Waals surface area contributed by atoms with E-state index in [2.05, 4.69) is 15.9 Å². The summed E-state index contributed by atoms with van der Waals surface area (Å²) in [6.45, 7) is 4.87. The molecule has 0 bridgehead atoms. The van der Waals surface area contributed by atoms with E-state index in [0.717, 1.165) is 24.6 Å². The summed E-state index contributed by atoms with van der Waals surface area (Å²) in [6, 6.07) is 0. The van der Waals surface area contributed by atoms with Gasteiger partial charge in [0.25, 0.3) is 0 Å². The van der Waals surface area contributed by atoms with Crippen molar-refractivity contribution in [2.75, 3.05) is 18.5 Å². The first-order valence-electron chi connectivity index (χ1n) is 5.02. The van der Waals surface area contributed by atoms with Gasteiger partial charge in [-0.05, 0) is 25.2 Å². The fraction of sp³-hybridized carbons (Fsp3) is 0.900. The molecule has 4 heteroatoms. The first-order valence-corrected chi connectivity index (χ1v) is 6.14. The third kappa shape index (κ3) is 9.84. The molecule has 84 valence electrons. The molecule has 14 heavy (non-hydrogen) atoms. The first-order chi connectivity index (χ1) is 6.66. The van der Waals surface area contributed by atoms with Gasteiger partial charge >= 0.3 is 6.16 Å². The van der Waals surface area contributed by atoms with Crippen molar-refractivity contribution in [2.24, 2.45) is 5.92 Å². The lowest BCUT2D eigenvalue weighted by atomic mass is 10.2. The molecule has 0 amide bonds. The number of unbranched alkanes of at least 4 members (excludes halogenated alkanes) is 2. The van der Waals surface area contributed by atoms with Gasteiger partial charge in [-0.2, -0.15) is 0 Å². The molecule has 0 heterocycles. The Kier molecular flexibility index (Phi) is 9.14. The van der Waals surface area contributed by atoms with Gasteiger partial charge in [0, 0.05) is 5.33 Å². The summed E-state index contributed by atoms with van der Waals surface area (Å²) in [4.78, 5) is 10.9. The van der Waals surface area contributed by atoms with Crippen molar-refractivity contribution in [3.8, 4) is 0 Å². The molecule has 0 N–H and O–H groups in total. The predicted octanol–water partition coefficient (Wildman–Crippen LogP) is 3.36. The highest BCUT2D eigenvalue weighted by atomic mass is 79.9. The summed E-state index contributed by atoms with van der Waals surface area (Å²) in [6.07, 6.45) is 2.55. The van der Waals surface area contributed by atoms with Crippen molar-refractivity contribution in [3.63, 3.8) is 0 Å². The lowest BCUT2D eigenvalue weighted by Gasteiger charge is -2.07. The first kappa shape index (κ1) is 13.8. The maximum Gasteiger partial charge on any atom is 0.508 e. The summed E-state index contributed by atoms with van der Waals surface area (Å²) < 4.78 is 9.70. The maximum absolute atomic E-state index is 10.9. The highest BCUT2D eigenvalue weighted by Crippen LogP contribution is 2.00. The molecule has 0 atom stereocenters. The number of halogens is 1. The van der Waals surface area contributed by atoms with E-state index in [9.17, 15) is 4.79 Å². The van der Waals surface area contributed by atoms with Crippen LogP contribution in [-0.4, -0.2) is 24.7 Å². The normalized spacial score (nSPS) is 10.3. The summed E-state index contributed by atoms with van der Waals surface area (Å²) in [5.41, 5.74) is 0. The van der Waals surface area contributed by atoms with Crippen molar-refractivity contribution in [2.45, 2.75) is 33.1 Å². The van der Waals surface area contributed by atoms with Crippen LogP contribution in [0.3, 0.4) is 0 Å². The average molecular weight is 267 g/mol. The van der Waals surface area contributed by atoms with E-state index in [1.807, 2.05) is 13.8 Å². The minimum atomic E-state index is -0.544. The topological polar surface area (TPSA) is 35.5 Å². The van der Waals surface area contributed by atoms with Gasteiger partial charge < -0.3 is 9.47 Å². The smallest absolute Gasteiger partial charge is 0.434 e. The number of rotatable bonds is 7. The minimum absolute atomic E-state index is 0.357. The van der Waals surface area contributed by atoms with Crippen molar-refractivity contribution in [3.05, 3.63) is 0 Å². The van der Waals surface area contributed by atoms with Crippen molar-refractivity contribution in [1.29, 1.82) is 0 Å². The van der Waals surface area contributed by atoms with Crippen LogP contribution >= 0.6 is 15.9 Å². The van der Waals surface area contributed by atoms with Gasteiger partial charge in [-0.1, -0.05) is 29.8 Å². The zero-order valence-electron chi connectivity index (χ0n) is 8.92. The van der Waals surface area contributed by atoms with Crippen molar-refractivity contribution in [1.82, 2.24) is 0 Å². The number of alkyl halides is 1. The molecule has 0 spiro atoms. The molecule has 0 saturated carbocycles. The van der Waals surface area contributed by atoms with E-state index in [1.165, 1.54) is 0 Å². The lowest BCUT2D eigenvalue weighted by Crippen LogP contribution is -2.12. The molecule has 0 aromatic heterocycles. The van der Waals surface area contributed by atoms with Gasteiger partial charge in [-0.3, -0.25) is 0 Å². The number of hydrogen-bond donors (Lipinski definition) is 0. The molecule has 3 nitrogen and oxygen atoms in total.